The molecule has 5 heteroatoms. The second-order valence-corrected chi connectivity index (χ2v) is 5.78. The summed E-state index contributed by atoms with van der Waals surface area (Å²) in [7, 11) is 4.05. The van der Waals surface area contributed by atoms with Crippen LogP contribution in [0.3, 0.4) is 0 Å². The molecule has 0 aliphatic heterocycles. The Bertz CT molecular complexity index is 291. The zero-order chi connectivity index (χ0) is 15.5. The summed E-state index contributed by atoms with van der Waals surface area (Å²) >= 11 is 0. The van der Waals surface area contributed by atoms with Gasteiger partial charge >= 0.3 is 5.97 Å². The summed E-state index contributed by atoms with van der Waals surface area (Å²) in [6, 6.07) is 0. The molecule has 0 heterocycles. The van der Waals surface area contributed by atoms with Crippen LogP contribution in [0, 0.1) is 5.92 Å². The molecule has 0 aromatic heterocycles. The summed E-state index contributed by atoms with van der Waals surface area (Å²) in [4.78, 5) is 27.4. The third kappa shape index (κ3) is 10.9. The number of hydrogen-bond acceptors (Lipinski definition) is 5. The van der Waals surface area contributed by atoms with Gasteiger partial charge in [0.2, 0.25) is 0 Å². The number of ether oxygens (including phenoxy) is 1. The third-order valence-corrected chi connectivity index (χ3v) is 2.80. The van der Waals surface area contributed by atoms with Crippen LogP contribution in [0.4, 0.5) is 0 Å². The lowest BCUT2D eigenvalue weighted by atomic mass is 10.1. The first-order chi connectivity index (χ1) is 9.35. The van der Waals surface area contributed by atoms with Gasteiger partial charge in [-0.15, -0.1) is 0 Å². The minimum absolute atomic E-state index is 0.109. The lowest BCUT2D eigenvalue weighted by molar-refractivity contribution is -0.144. The molecule has 0 spiro atoms. The molecular weight excluding hydrogens is 256 g/mol. The molecule has 0 radical (unpaired) electrons. The largest absolute Gasteiger partial charge is 0.466 e. The highest BCUT2D eigenvalue weighted by atomic mass is 16.5. The van der Waals surface area contributed by atoms with Crippen molar-refractivity contribution >= 4 is 11.8 Å². The van der Waals surface area contributed by atoms with Crippen molar-refractivity contribution < 1.29 is 14.3 Å². The molecule has 0 atom stereocenters. The molecule has 0 aliphatic carbocycles. The van der Waals surface area contributed by atoms with E-state index < -0.39 is 0 Å². The minimum Gasteiger partial charge on any atom is -0.466 e. The quantitative estimate of drug-likeness (QED) is 0.538. The Hall–Kier alpha value is -0.940. The summed E-state index contributed by atoms with van der Waals surface area (Å²) in [5, 5.41) is 0. The fraction of sp³-hybridized carbons (Fsp3) is 0.867. The molecule has 0 aromatic carbocycles. The normalized spacial score (nSPS) is 11.4. The van der Waals surface area contributed by atoms with Gasteiger partial charge in [-0.25, -0.2) is 0 Å². The second-order valence-electron chi connectivity index (χ2n) is 5.78. The topological polar surface area (TPSA) is 49.9 Å². The Morgan fingerprint density at radius 1 is 1.10 bits per heavy atom. The number of carbonyl (C=O) groups excluding carboxylic acids is 2. The van der Waals surface area contributed by atoms with E-state index in [-0.39, 0.29) is 24.6 Å². The van der Waals surface area contributed by atoms with E-state index in [4.69, 9.17) is 4.74 Å². The van der Waals surface area contributed by atoms with E-state index in [1.165, 1.54) is 0 Å². The van der Waals surface area contributed by atoms with E-state index in [0.717, 1.165) is 19.6 Å². The van der Waals surface area contributed by atoms with E-state index in [1.807, 2.05) is 14.1 Å². The maximum Gasteiger partial charge on any atom is 0.306 e. The van der Waals surface area contributed by atoms with Gasteiger partial charge in [-0.1, -0.05) is 13.8 Å². The fourth-order valence-electron chi connectivity index (χ4n) is 1.90. The van der Waals surface area contributed by atoms with Gasteiger partial charge in [0.15, 0.2) is 0 Å². The zero-order valence-electron chi connectivity index (χ0n) is 13.6. The average Bonchev–Trinajstić information content (AvgIpc) is 2.33. The lowest BCUT2D eigenvalue weighted by Gasteiger charge is -2.25. The number of esters is 1. The van der Waals surface area contributed by atoms with Gasteiger partial charge in [0, 0.05) is 26.1 Å². The zero-order valence-corrected chi connectivity index (χ0v) is 13.6. The smallest absolute Gasteiger partial charge is 0.306 e. The van der Waals surface area contributed by atoms with Crippen molar-refractivity contribution in [2.45, 2.75) is 33.6 Å². The highest BCUT2D eigenvalue weighted by Crippen LogP contribution is 2.02. The molecule has 0 fully saturated rings. The Labute approximate surface area is 123 Å². The van der Waals surface area contributed by atoms with Crippen LogP contribution in [0.2, 0.25) is 0 Å². The van der Waals surface area contributed by atoms with Crippen LogP contribution in [-0.4, -0.2) is 68.4 Å². The van der Waals surface area contributed by atoms with Crippen LogP contribution < -0.4 is 0 Å². The predicted octanol–water partition coefficient (Wildman–Crippen LogP) is 1.42. The molecule has 20 heavy (non-hydrogen) atoms. The summed E-state index contributed by atoms with van der Waals surface area (Å²) in [5.41, 5.74) is 0. The number of Topliss-reactive ketones (excluding diaryl/α,β-unsaturated/α-hetero) is 1. The van der Waals surface area contributed by atoms with E-state index in [1.54, 1.807) is 6.92 Å². The van der Waals surface area contributed by atoms with Crippen molar-refractivity contribution in [2.24, 2.45) is 5.92 Å². The maximum absolute atomic E-state index is 11.9. The van der Waals surface area contributed by atoms with E-state index in [9.17, 15) is 9.59 Å². The van der Waals surface area contributed by atoms with E-state index >= 15 is 0 Å². The van der Waals surface area contributed by atoms with Crippen molar-refractivity contribution in [2.75, 3.05) is 46.9 Å². The third-order valence-electron chi connectivity index (χ3n) is 2.80. The van der Waals surface area contributed by atoms with Gasteiger partial charge < -0.3 is 9.64 Å². The molecule has 0 rings (SSSR count). The summed E-state index contributed by atoms with van der Waals surface area (Å²) < 4.78 is 4.83. The number of likely N-dealkylation sites (N-methyl/N-ethyl adjacent to an activating group) is 1. The van der Waals surface area contributed by atoms with E-state index in [0.29, 0.717) is 19.1 Å². The van der Waals surface area contributed by atoms with Crippen LogP contribution in [-0.2, 0) is 14.3 Å². The molecule has 0 saturated carbocycles. The standard InChI is InChI=1S/C15H30N2O3/c1-6-20-15(19)8-7-14(18)12-17(11-13(2)3)10-9-16(4)5/h13H,6-12H2,1-5H3. The lowest BCUT2D eigenvalue weighted by Crippen LogP contribution is -2.38. The summed E-state index contributed by atoms with van der Waals surface area (Å²) in [6.45, 7) is 9.55. The van der Waals surface area contributed by atoms with Crippen molar-refractivity contribution in [3.63, 3.8) is 0 Å². The summed E-state index contributed by atoms with van der Waals surface area (Å²) in [5.74, 6) is 0.344. The molecule has 0 saturated heterocycles. The highest BCUT2D eigenvalue weighted by Gasteiger charge is 2.14. The maximum atomic E-state index is 11.9. The van der Waals surface area contributed by atoms with Crippen LogP contribution in [0.1, 0.15) is 33.6 Å². The van der Waals surface area contributed by atoms with Gasteiger partial charge in [0.05, 0.1) is 19.6 Å². The number of hydrogen-bond donors (Lipinski definition) is 0. The first-order valence-corrected chi connectivity index (χ1v) is 7.39. The van der Waals surface area contributed by atoms with Crippen LogP contribution in [0.15, 0.2) is 0 Å². The summed E-state index contributed by atoms with van der Waals surface area (Å²) in [6.07, 6.45) is 0.464. The van der Waals surface area contributed by atoms with Gasteiger partial charge in [0.25, 0.3) is 0 Å². The molecular formula is C15H30N2O3. The second kappa shape index (κ2) is 10.8. The van der Waals surface area contributed by atoms with Crippen molar-refractivity contribution in [1.29, 1.82) is 0 Å². The van der Waals surface area contributed by atoms with Gasteiger partial charge in [-0.3, -0.25) is 14.5 Å². The number of carbonyl (C=O) groups is 2. The predicted molar refractivity (Wildman–Crippen MR) is 80.7 cm³/mol. The Morgan fingerprint density at radius 3 is 2.25 bits per heavy atom. The van der Waals surface area contributed by atoms with Gasteiger partial charge in [-0.2, -0.15) is 0 Å². The van der Waals surface area contributed by atoms with Crippen molar-refractivity contribution in [1.82, 2.24) is 9.80 Å². The Morgan fingerprint density at radius 2 is 1.75 bits per heavy atom. The molecule has 118 valence electrons. The SMILES string of the molecule is CCOC(=O)CCC(=O)CN(CCN(C)C)CC(C)C. The van der Waals surface area contributed by atoms with Crippen molar-refractivity contribution in [3.8, 4) is 0 Å². The molecule has 5 nitrogen and oxygen atoms in total. The Kier molecular flexibility index (Phi) is 10.3. The number of nitrogens with zero attached hydrogens (tertiary/aromatic N) is 2. The van der Waals surface area contributed by atoms with Crippen molar-refractivity contribution in [3.05, 3.63) is 0 Å². The number of rotatable bonds is 11. The first kappa shape index (κ1) is 19.1. The van der Waals surface area contributed by atoms with E-state index in [2.05, 4.69) is 23.6 Å². The monoisotopic (exact) mass is 286 g/mol. The number of ketones is 1. The first-order valence-electron chi connectivity index (χ1n) is 7.39. The molecule has 0 bridgehead atoms. The van der Waals surface area contributed by atoms with Gasteiger partial charge in [-0.05, 0) is 26.9 Å². The minimum atomic E-state index is -0.287. The highest BCUT2D eigenvalue weighted by molar-refractivity contribution is 5.84. The fourth-order valence-corrected chi connectivity index (χ4v) is 1.90. The van der Waals surface area contributed by atoms with Crippen LogP contribution in [0.5, 0.6) is 0 Å². The molecule has 0 amide bonds. The van der Waals surface area contributed by atoms with Gasteiger partial charge in [0.1, 0.15) is 5.78 Å². The average molecular weight is 286 g/mol. The molecule has 0 N–H and O–H groups in total. The van der Waals surface area contributed by atoms with Crippen LogP contribution in [0.25, 0.3) is 0 Å². The molecule has 0 aliphatic rings. The molecule has 0 aromatic rings. The molecule has 0 unspecified atom stereocenters. The Balaban J connectivity index is 4.13. The van der Waals surface area contributed by atoms with Crippen LogP contribution >= 0.6 is 0 Å².